The molecule has 0 heteroatoms. The molecular formula is C16H28. The van der Waals surface area contributed by atoms with Crippen LogP contribution in [-0.4, -0.2) is 0 Å². The van der Waals surface area contributed by atoms with Crippen LogP contribution in [0.5, 0.6) is 0 Å². The number of hydrogen-bond acceptors (Lipinski definition) is 0. The van der Waals surface area contributed by atoms with Gasteiger partial charge in [-0.05, 0) is 61.7 Å². The normalized spacial score (nSPS) is 40.2. The Kier molecular flexibility index (Phi) is 2.97. The molecule has 0 nitrogen and oxygen atoms in total. The van der Waals surface area contributed by atoms with E-state index in [0.29, 0.717) is 10.8 Å². The van der Waals surface area contributed by atoms with E-state index in [4.69, 9.17) is 0 Å². The second kappa shape index (κ2) is 3.89. The molecule has 0 amide bonds. The largest absolute Gasteiger partial charge is 0.0853 e. The molecule has 92 valence electrons. The van der Waals surface area contributed by atoms with Crippen molar-refractivity contribution in [1.82, 2.24) is 0 Å². The molecule has 0 bridgehead atoms. The highest BCUT2D eigenvalue weighted by molar-refractivity contribution is 5.15. The highest BCUT2D eigenvalue weighted by atomic mass is 14.5. The summed E-state index contributed by atoms with van der Waals surface area (Å²) in [6, 6.07) is 0. The quantitative estimate of drug-likeness (QED) is 0.492. The maximum atomic E-state index is 2.53. The molecule has 1 saturated carbocycles. The average molecular weight is 220 g/mol. The van der Waals surface area contributed by atoms with E-state index in [-0.39, 0.29) is 0 Å². The molecule has 0 radical (unpaired) electrons. The van der Waals surface area contributed by atoms with Crippen molar-refractivity contribution in [1.29, 1.82) is 0 Å². The van der Waals surface area contributed by atoms with Gasteiger partial charge < -0.3 is 0 Å². The fourth-order valence-electron chi connectivity index (χ4n) is 3.96. The van der Waals surface area contributed by atoms with Crippen LogP contribution in [0.4, 0.5) is 0 Å². The molecule has 0 aromatic heterocycles. The van der Waals surface area contributed by atoms with E-state index in [0.717, 1.165) is 11.8 Å². The lowest BCUT2D eigenvalue weighted by Crippen LogP contribution is -2.40. The lowest BCUT2D eigenvalue weighted by Gasteiger charge is -2.50. The first kappa shape index (κ1) is 12.2. The first-order valence-corrected chi connectivity index (χ1v) is 6.99. The van der Waals surface area contributed by atoms with Gasteiger partial charge in [0, 0.05) is 0 Å². The van der Waals surface area contributed by atoms with E-state index in [1.807, 2.05) is 0 Å². The topological polar surface area (TPSA) is 0 Å². The van der Waals surface area contributed by atoms with Crippen LogP contribution < -0.4 is 0 Å². The van der Waals surface area contributed by atoms with Gasteiger partial charge in [-0.1, -0.05) is 39.3 Å². The highest BCUT2D eigenvalue weighted by Crippen LogP contribution is 2.54. The Morgan fingerprint density at radius 3 is 2.56 bits per heavy atom. The summed E-state index contributed by atoms with van der Waals surface area (Å²) in [6.07, 6.45) is 9.57. The SMILES string of the molecule is CC1=CCC[C@]2(C)CC[C@@H](C(C)(C)C)C[C@@H]12. The number of hydrogen-bond donors (Lipinski definition) is 0. The summed E-state index contributed by atoms with van der Waals surface area (Å²) < 4.78 is 0. The average Bonchev–Trinajstić information content (AvgIpc) is 2.15. The molecule has 2 aliphatic carbocycles. The molecule has 0 unspecified atom stereocenters. The van der Waals surface area contributed by atoms with Crippen molar-refractivity contribution in [3.05, 3.63) is 11.6 Å². The first-order valence-electron chi connectivity index (χ1n) is 6.99. The van der Waals surface area contributed by atoms with Crippen molar-refractivity contribution in [3.63, 3.8) is 0 Å². The Morgan fingerprint density at radius 1 is 1.25 bits per heavy atom. The van der Waals surface area contributed by atoms with Crippen LogP contribution in [0, 0.1) is 22.7 Å². The molecule has 0 spiro atoms. The molecule has 3 atom stereocenters. The zero-order chi connectivity index (χ0) is 12.0. The molecule has 0 aromatic carbocycles. The molecule has 0 N–H and O–H groups in total. The van der Waals surface area contributed by atoms with Crippen molar-refractivity contribution in [2.45, 2.75) is 66.7 Å². The van der Waals surface area contributed by atoms with Crippen LogP contribution in [0.25, 0.3) is 0 Å². The van der Waals surface area contributed by atoms with E-state index in [9.17, 15) is 0 Å². The zero-order valence-corrected chi connectivity index (χ0v) is 11.8. The fourth-order valence-corrected chi connectivity index (χ4v) is 3.96. The van der Waals surface area contributed by atoms with E-state index in [1.54, 1.807) is 5.57 Å². The second-order valence-corrected chi connectivity index (χ2v) is 7.53. The third-order valence-electron chi connectivity index (χ3n) is 5.38. The first-order chi connectivity index (χ1) is 7.33. The summed E-state index contributed by atoms with van der Waals surface area (Å²) in [5, 5.41) is 0. The zero-order valence-electron chi connectivity index (χ0n) is 11.8. The Bertz CT molecular complexity index is 292. The van der Waals surface area contributed by atoms with Gasteiger partial charge in [0.25, 0.3) is 0 Å². The smallest absolute Gasteiger partial charge is 0.0149 e. The predicted octanol–water partition coefficient (Wildman–Crippen LogP) is 5.20. The van der Waals surface area contributed by atoms with Gasteiger partial charge in [0.15, 0.2) is 0 Å². The summed E-state index contributed by atoms with van der Waals surface area (Å²) in [4.78, 5) is 0. The Morgan fingerprint density at radius 2 is 1.94 bits per heavy atom. The second-order valence-electron chi connectivity index (χ2n) is 7.53. The van der Waals surface area contributed by atoms with E-state index in [1.165, 1.54) is 32.1 Å². The van der Waals surface area contributed by atoms with E-state index < -0.39 is 0 Å². The van der Waals surface area contributed by atoms with Gasteiger partial charge in [-0.15, -0.1) is 0 Å². The monoisotopic (exact) mass is 220 g/mol. The number of fused-ring (bicyclic) bond motifs is 1. The molecular weight excluding hydrogens is 192 g/mol. The standard InChI is InChI=1S/C16H28/c1-12-7-6-9-16(5)10-8-13(11-14(12)16)15(2,3)4/h7,13-14H,6,8-11H2,1-5H3/t13-,14+,16-/m1/s1. The minimum absolute atomic E-state index is 0.499. The molecule has 2 rings (SSSR count). The van der Waals surface area contributed by atoms with Crippen molar-refractivity contribution in [3.8, 4) is 0 Å². The minimum Gasteiger partial charge on any atom is -0.0853 e. The predicted molar refractivity (Wildman–Crippen MR) is 71.4 cm³/mol. The molecule has 16 heavy (non-hydrogen) atoms. The number of rotatable bonds is 0. The van der Waals surface area contributed by atoms with Crippen LogP contribution in [-0.2, 0) is 0 Å². The van der Waals surface area contributed by atoms with Crippen molar-refractivity contribution < 1.29 is 0 Å². The maximum Gasteiger partial charge on any atom is -0.0149 e. The van der Waals surface area contributed by atoms with Crippen LogP contribution >= 0.6 is 0 Å². The van der Waals surface area contributed by atoms with E-state index in [2.05, 4.69) is 40.7 Å². The molecule has 1 fully saturated rings. The van der Waals surface area contributed by atoms with Gasteiger partial charge in [0.1, 0.15) is 0 Å². The summed E-state index contributed by atoms with van der Waals surface area (Å²) in [7, 11) is 0. The molecule has 0 saturated heterocycles. The van der Waals surface area contributed by atoms with Gasteiger partial charge in [0.2, 0.25) is 0 Å². The van der Waals surface area contributed by atoms with Gasteiger partial charge in [-0.3, -0.25) is 0 Å². The van der Waals surface area contributed by atoms with Crippen molar-refractivity contribution in [2.75, 3.05) is 0 Å². The van der Waals surface area contributed by atoms with Crippen LogP contribution in [0.2, 0.25) is 0 Å². The van der Waals surface area contributed by atoms with Gasteiger partial charge in [-0.25, -0.2) is 0 Å². The van der Waals surface area contributed by atoms with Crippen molar-refractivity contribution >= 4 is 0 Å². The summed E-state index contributed by atoms with van der Waals surface area (Å²) in [6.45, 7) is 12.2. The summed E-state index contributed by atoms with van der Waals surface area (Å²) >= 11 is 0. The molecule has 0 aliphatic heterocycles. The van der Waals surface area contributed by atoms with Crippen LogP contribution in [0.15, 0.2) is 11.6 Å². The van der Waals surface area contributed by atoms with Crippen LogP contribution in [0.3, 0.4) is 0 Å². The van der Waals surface area contributed by atoms with Crippen LogP contribution in [0.1, 0.15) is 66.7 Å². The molecule has 0 aromatic rings. The maximum absolute atomic E-state index is 2.53. The van der Waals surface area contributed by atoms with Gasteiger partial charge in [-0.2, -0.15) is 0 Å². The van der Waals surface area contributed by atoms with Crippen molar-refractivity contribution in [2.24, 2.45) is 22.7 Å². The van der Waals surface area contributed by atoms with E-state index >= 15 is 0 Å². The fraction of sp³-hybridized carbons (Fsp3) is 0.875. The third-order valence-corrected chi connectivity index (χ3v) is 5.38. The molecule has 2 aliphatic rings. The Labute approximate surface area is 102 Å². The minimum atomic E-state index is 0.499. The third kappa shape index (κ3) is 2.08. The summed E-state index contributed by atoms with van der Waals surface area (Å²) in [5.74, 6) is 1.80. The Balaban J connectivity index is 2.18. The Hall–Kier alpha value is -0.260. The van der Waals surface area contributed by atoms with Gasteiger partial charge >= 0.3 is 0 Å². The molecule has 0 heterocycles. The number of allylic oxidation sites excluding steroid dienone is 2. The lowest BCUT2D eigenvalue weighted by atomic mass is 9.55. The van der Waals surface area contributed by atoms with Gasteiger partial charge in [0.05, 0.1) is 0 Å². The summed E-state index contributed by atoms with van der Waals surface area (Å²) in [5.41, 5.74) is 2.81. The lowest BCUT2D eigenvalue weighted by molar-refractivity contribution is 0.0428. The highest BCUT2D eigenvalue weighted by Gasteiger charge is 2.44.